The second kappa shape index (κ2) is 6.01. The standard InChI is InChI=1S/C19H30O5/c1-18(2,16(20)21)17(22)24-19(3,4)23-10-15-13-6-11-5-12(8-13)9-14(15)7-11/h11-15H,5-10H2,1-4H3,(H,20,21). The van der Waals surface area contributed by atoms with Crippen molar-refractivity contribution in [3.8, 4) is 0 Å². The Kier molecular flexibility index (Phi) is 4.44. The lowest BCUT2D eigenvalue weighted by Crippen LogP contribution is -2.48. The van der Waals surface area contributed by atoms with Gasteiger partial charge in [0.2, 0.25) is 5.79 Å². The summed E-state index contributed by atoms with van der Waals surface area (Å²) in [6.07, 6.45) is 6.73. The van der Waals surface area contributed by atoms with Crippen LogP contribution in [0.15, 0.2) is 0 Å². The first-order valence-corrected chi connectivity index (χ1v) is 9.19. The molecule has 4 saturated carbocycles. The Hall–Kier alpha value is -1.10. The molecule has 0 aromatic rings. The quantitative estimate of drug-likeness (QED) is 0.456. The zero-order valence-corrected chi connectivity index (χ0v) is 15.2. The Morgan fingerprint density at radius 2 is 1.46 bits per heavy atom. The van der Waals surface area contributed by atoms with Crippen LogP contribution in [-0.4, -0.2) is 29.4 Å². The van der Waals surface area contributed by atoms with Gasteiger partial charge in [0, 0.05) is 13.8 Å². The van der Waals surface area contributed by atoms with Gasteiger partial charge >= 0.3 is 11.9 Å². The van der Waals surface area contributed by atoms with Crippen molar-refractivity contribution < 1.29 is 24.2 Å². The Morgan fingerprint density at radius 3 is 1.92 bits per heavy atom. The molecule has 5 heteroatoms. The maximum Gasteiger partial charge on any atom is 0.325 e. The molecule has 0 aromatic carbocycles. The molecule has 0 saturated heterocycles. The minimum Gasteiger partial charge on any atom is -0.480 e. The van der Waals surface area contributed by atoms with Gasteiger partial charge in [0.1, 0.15) is 0 Å². The number of ether oxygens (including phenoxy) is 2. The van der Waals surface area contributed by atoms with Crippen molar-refractivity contribution in [3.05, 3.63) is 0 Å². The third-order valence-electron chi connectivity index (χ3n) is 6.43. The Bertz CT molecular complexity index is 494. The van der Waals surface area contributed by atoms with Crippen molar-refractivity contribution in [3.63, 3.8) is 0 Å². The average molecular weight is 338 g/mol. The number of esters is 1. The highest BCUT2D eigenvalue weighted by Crippen LogP contribution is 2.56. The summed E-state index contributed by atoms with van der Waals surface area (Å²) in [6, 6.07) is 0. The molecule has 1 N–H and O–H groups in total. The highest BCUT2D eigenvalue weighted by atomic mass is 16.7. The number of carboxylic acid groups (broad SMARTS) is 1. The van der Waals surface area contributed by atoms with E-state index in [4.69, 9.17) is 14.6 Å². The summed E-state index contributed by atoms with van der Waals surface area (Å²) in [5.74, 6) is 0.861. The predicted octanol–water partition coefficient (Wildman–Crippen LogP) is 3.47. The van der Waals surface area contributed by atoms with E-state index in [0.29, 0.717) is 12.5 Å². The van der Waals surface area contributed by atoms with E-state index in [9.17, 15) is 9.59 Å². The molecule has 0 amide bonds. The lowest BCUT2D eigenvalue weighted by molar-refractivity contribution is -0.234. The molecule has 0 aliphatic heterocycles. The summed E-state index contributed by atoms with van der Waals surface area (Å²) < 4.78 is 11.3. The molecule has 4 bridgehead atoms. The van der Waals surface area contributed by atoms with Crippen molar-refractivity contribution in [1.29, 1.82) is 0 Å². The number of carbonyl (C=O) groups excluding carboxylic acids is 1. The molecule has 0 unspecified atom stereocenters. The second-order valence-corrected chi connectivity index (χ2v) is 9.13. The van der Waals surface area contributed by atoms with Crippen LogP contribution in [-0.2, 0) is 19.1 Å². The SMILES string of the molecule is CC(C)(OCC1C2CC3CC(C2)CC1C3)OC(=O)C(C)(C)C(=O)O. The number of hydrogen-bond donors (Lipinski definition) is 1. The number of carboxylic acids is 1. The summed E-state index contributed by atoms with van der Waals surface area (Å²) in [5, 5.41) is 9.14. The molecule has 0 spiro atoms. The van der Waals surface area contributed by atoms with Gasteiger partial charge in [-0.2, -0.15) is 0 Å². The summed E-state index contributed by atoms with van der Waals surface area (Å²) in [4.78, 5) is 23.3. The van der Waals surface area contributed by atoms with Gasteiger partial charge in [0.25, 0.3) is 0 Å². The van der Waals surface area contributed by atoms with Crippen molar-refractivity contribution in [2.75, 3.05) is 6.61 Å². The minimum atomic E-state index is -1.57. The predicted molar refractivity (Wildman–Crippen MR) is 88.1 cm³/mol. The number of carbonyl (C=O) groups is 2. The number of aliphatic carboxylic acids is 1. The van der Waals surface area contributed by atoms with Crippen LogP contribution in [0.5, 0.6) is 0 Å². The van der Waals surface area contributed by atoms with Crippen molar-refractivity contribution >= 4 is 11.9 Å². The van der Waals surface area contributed by atoms with E-state index in [1.54, 1.807) is 13.8 Å². The van der Waals surface area contributed by atoms with Gasteiger partial charge < -0.3 is 14.6 Å². The second-order valence-electron chi connectivity index (χ2n) is 9.13. The number of rotatable bonds is 6. The van der Waals surface area contributed by atoms with Crippen molar-refractivity contribution in [2.45, 2.75) is 65.6 Å². The largest absolute Gasteiger partial charge is 0.480 e. The molecule has 24 heavy (non-hydrogen) atoms. The fraction of sp³-hybridized carbons (Fsp3) is 0.895. The zero-order valence-electron chi connectivity index (χ0n) is 15.2. The lowest BCUT2D eigenvalue weighted by Gasteiger charge is -2.54. The van der Waals surface area contributed by atoms with Crippen LogP contribution in [0.2, 0.25) is 0 Å². The summed E-state index contributed by atoms with van der Waals surface area (Å²) in [6.45, 7) is 6.69. The van der Waals surface area contributed by atoms with Crippen molar-refractivity contribution in [1.82, 2.24) is 0 Å². The lowest BCUT2D eigenvalue weighted by atomic mass is 9.52. The molecule has 4 rings (SSSR count). The van der Waals surface area contributed by atoms with Crippen LogP contribution >= 0.6 is 0 Å². The van der Waals surface area contributed by atoms with Gasteiger partial charge in [-0.1, -0.05) is 0 Å². The van der Waals surface area contributed by atoms with Gasteiger partial charge in [-0.3, -0.25) is 9.59 Å². The highest BCUT2D eigenvalue weighted by molar-refractivity contribution is 5.98. The fourth-order valence-electron chi connectivity index (χ4n) is 5.07. The van der Waals surface area contributed by atoms with Gasteiger partial charge in [-0.15, -0.1) is 0 Å². The van der Waals surface area contributed by atoms with Gasteiger partial charge in [-0.05, 0) is 75.5 Å². The van der Waals surface area contributed by atoms with E-state index in [0.717, 1.165) is 23.7 Å². The molecule has 4 aliphatic rings. The highest BCUT2D eigenvalue weighted by Gasteiger charge is 2.49. The third-order valence-corrected chi connectivity index (χ3v) is 6.43. The van der Waals surface area contributed by atoms with Crippen LogP contribution in [0.1, 0.15) is 59.8 Å². The fourth-order valence-corrected chi connectivity index (χ4v) is 5.07. The van der Waals surface area contributed by atoms with Crippen LogP contribution in [0, 0.1) is 35.0 Å². The topological polar surface area (TPSA) is 72.8 Å². The Balaban J connectivity index is 1.56. The van der Waals surface area contributed by atoms with E-state index < -0.39 is 23.1 Å². The van der Waals surface area contributed by atoms with Crippen LogP contribution in [0.25, 0.3) is 0 Å². The molecule has 0 atom stereocenters. The summed E-state index contributed by atoms with van der Waals surface area (Å²) >= 11 is 0. The molecule has 0 radical (unpaired) electrons. The minimum absolute atomic E-state index is 0.559. The van der Waals surface area contributed by atoms with Crippen LogP contribution in [0.3, 0.4) is 0 Å². The zero-order chi connectivity index (χ0) is 17.7. The smallest absolute Gasteiger partial charge is 0.325 e. The molecule has 5 nitrogen and oxygen atoms in total. The first kappa shape index (κ1) is 17.7. The maximum atomic E-state index is 12.1. The monoisotopic (exact) mass is 338 g/mol. The first-order valence-electron chi connectivity index (χ1n) is 9.19. The van der Waals surface area contributed by atoms with Crippen molar-refractivity contribution in [2.24, 2.45) is 35.0 Å². The molecule has 4 fully saturated rings. The van der Waals surface area contributed by atoms with Gasteiger partial charge in [0.15, 0.2) is 5.41 Å². The molecular formula is C19H30O5. The van der Waals surface area contributed by atoms with E-state index in [-0.39, 0.29) is 0 Å². The average Bonchev–Trinajstić information content (AvgIpc) is 2.44. The van der Waals surface area contributed by atoms with E-state index in [2.05, 4.69) is 0 Å². The molecule has 0 heterocycles. The third kappa shape index (κ3) is 3.32. The van der Waals surface area contributed by atoms with Crippen LogP contribution < -0.4 is 0 Å². The van der Waals surface area contributed by atoms with Crippen LogP contribution in [0.4, 0.5) is 0 Å². The number of hydrogen-bond acceptors (Lipinski definition) is 4. The first-order chi connectivity index (χ1) is 11.1. The van der Waals surface area contributed by atoms with E-state index >= 15 is 0 Å². The van der Waals surface area contributed by atoms with Gasteiger partial charge in [-0.25, -0.2) is 0 Å². The van der Waals surface area contributed by atoms with E-state index in [1.807, 2.05) is 0 Å². The molecule has 136 valence electrons. The van der Waals surface area contributed by atoms with E-state index in [1.165, 1.54) is 46.0 Å². The summed E-state index contributed by atoms with van der Waals surface area (Å²) in [5.41, 5.74) is -1.57. The Morgan fingerprint density at radius 1 is 0.958 bits per heavy atom. The normalized spacial score (nSPS) is 35.1. The molecular weight excluding hydrogens is 308 g/mol. The molecule has 4 aliphatic carbocycles. The summed E-state index contributed by atoms with van der Waals surface area (Å²) in [7, 11) is 0. The molecule has 0 aromatic heterocycles. The Labute approximate surface area is 144 Å². The van der Waals surface area contributed by atoms with Gasteiger partial charge in [0.05, 0.1) is 6.61 Å². The maximum absolute atomic E-state index is 12.1.